The topological polar surface area (TPSA) is 52.0 Å². The van der Waals surface area contributed by atoms with Gasteiger partial charge < -0.3 is 14.6 Å². The molecule has 0 aliphatic rings. The maximum atomic E-state index is 5.93. The number of ether oxygens (including phenoxy) is 1. The molecule has 5 nitrogen and oxygen atoms in total. The smallest absolute Gasteiger partial charge is 0.208 e. The molecule has 0 radical (unpaired) electrons. The highest BCUT2D eigenvalue weighted by Gasteiger charge is 2.09. The fourth-order valence-electron chi connectivity index (χ4n) is 2.56. The van der Waals surface area contributed by atoms with Gasteiger partial charge in [0.1, 0.15) is 11.5 Å². The van der Waals surface area contributed by atoms with E-state index >= 15 is 0 Å². The third-order valence-electron chi connectivity index (χ3n) is 3.84. The van der Waals surface area contributed by atoms with Gasteiger partial charge >= 0.3 is 0 Å². The highest BCUT2D eigenvalue weighted by atomic mass is 35.5. The van der Waals surface area contributed by atoms with E-state index in [1.54, 1.807) is 12.4 Å². The molecule has 2 aromatic carbocycles. The Labute approximate surface area is 149 Å². The number of aryl methyl sites for hydroxylation is 1. The van der Waals surface area contributed by atoms with E-state index in [0.717, 1.165) is 34.2 Å². The molecular formula is C19H15ClN4O. The monoisotopic (exact) mass is 350 g/mol. The van der Waals surface area contributed by atoms with E-state index in [4.69, 9.17) is 16.3 Å². The predicted octanol–water partition coefficient (Wildman–Crippen LogP) is 5.16. The predicted molar refractivity (Wildman–Crippen MR) is 99.8 cm³/mol. The molecule has 0 atom stereocenters. The number of pyridine rings is 1. The van der Waals surface area contributed by atoms with Gasteiger partial charge in [0.25, 0.3) is 0 Å². The Morgan fingerprint density at radius 2 is 1.72 bits per heavy atom. The first-order chi connectivity index (χ1) is 12.2. The second-order valence-corrected chi connectivity index (χ2v) is 6.00. The third-order valence-corrected chi connectivity index (χ3v) is 4.09. The van der Waals surface area contributed by atoms with Crippen LogP contribution in [0.15, 0.2) is 67.0 Å². The molecule has 0 aliphatic heterocycles. The van der Waals surface area contributed by atoms with Crippen molar-refractivity contribution in [3.63, 3.8) is 0 Å². The lowest BCUT2D eigenvalue weighted by molar-refractivity contribution is 0.482. The summed E-state index contributed by atoms with van der Waals surface area (Å²) in [6.07, 6.45) is 3.39. The summed E-state index contributed by atoms with van der Waals surface area (Å²) in [5.41, 5.74) is 2.79. The molecule has 4 rings (SSSR count). The van der Waals surface area contributed by atoms with Crippen molar-refractivity contribution in [3.05, 3.63) is 72.0 Å². The van der Waals surface area contributed by atoms with Crippen molar-refractivity contribution in [2.45, 2.75) is 0 Å². The molecule has 4 aromatic rings. The molecule has 6 heteroatoms. The average molecular weight is 351 g/mol. The maximum Gasteiger partial charge on any atom is 0.208 e. The Kier molecular flexibility index (Phi) is 3.99. The number of nitrogens with zero attached hydrogens (tertiary/aromatic N) is 3. The molecule has 0 saturated carbocycles. The molecule has 0 aliphatic carbocycles. The summed E-state index contributed by atoms with van der Waals surface area (Å²) in [4.78, 5) is 8.64. The Morgan fingerprint density at radius 1 is 0.960 bits per heavy atom. The zero-order valence-corrected chi connectivity index (χ0v) is 14.2. The van der Waals surface area contributed by atoms with Crippen LogP contribution in [-0.4, -0.2) is 14.5 Å². The van der Waals surface area contributed by atoms with Crippen LogP contribution in [0.4, 0.5) is 11.6 Å². The number of aromatic nitrogens is 3. The molecule has 25 heavy (non-hydrogen) atoms. The molecule has 0 bridgehead atoms. The number of rotatable bonds is 4. The lowest BCUT2D eigenvalue weighted by Gasteiger charge is -2.06. The Balaban J connectivity index is 1.63. The number of benzene rings is 2. The van der Waals surface area contributed by atoms with E-state index in [1.165, 1.54) is 0 Å². The van der Waals surface area contributed by atoms with Crippen LogP contribution in [0.5, 0.6) is 11.5 Å². The lowest BCUT2D eigenvalue weighted by Crippen LogP contribution is -1.98. The largest absolute Gasteiger partial charge is 0.457 e. The van der Waals surface area contributed by atoms with Crippen molar-refractivity contribution < 1.29 is 4.74 Å². The number of anilines is 2. The van der Waals surface area contributed by atoms with Crippen LogP contribution < -0.4 is 10.1 Å². The average Bonchev–Trinajstić information content (AvgIpc) is 2.93. The van der Waals surface area contributed by atoms with Crippen LogP contribution in [0, 0.1) is 0 Å². The first-order valence-electron chi connectivity index (χ1n) is 7.76. The number of nitrogens with one attached hydrogen (secondary N) is 1. The van der Waals surface area contributed by atoms with Gasteiger partial charge in [0.05, 0.1) is 11.0 Å². The van der Waals surface area contributed by atoms with Crippen molar-refractivity contribution >= 4 is 34.3 Å². The summed E-state index contributed by atoms with van der Waals surface area (Å²) >= 11 is 5.93. The van der Waals surface area contributed by atoms with Gasteiger partial charge in [0.15, 0.2) is 0 Å². The molecule has 0 spiro atoms. The van der Waals surface area contributed by atoms with E-state index in [-0.39, 0.29) is 0 Å². The van der Waals surface area contributed by atoms with E-state index in [9.17, 15) is 0 Å². The van der Waals surface area contributed by atoms with Crippen LogP contribution in [0.25, 0.3) is 11.0 Å². The molecule has 0 unspecified atom stereocenters. The van der Waals surface area contributed by atoms with Gasteiger partial charge in [0.2, 0.25) is 5.95 Å². The van der Waals surface area contributed by atoms with Crippen LogP contribution in [0.3, 0.4) is 0 Å². The standard InChI is InChI=1S/C19H15ClN4O/c1-24-18-7-6-16(25-15-8-10-21-11-9-15)12-17(18)23-19(24)22-14-4-2-13(20)3-5-14/h2-12H,1H3,(H,22,23). The summed E-state index contributed by atoms with van der Waals surface area (Å²) in [5, 5.41) is 4.00. The van der Waals surface area contributed by atoms with E-state index in [0.29, 0.717) is 5.02 Å². The van der Waals surface area contributed by atoms with Crippen LogP contribution in [0.2, 0.25) is 5.02 Å². The lowest BCUT2D eigenvalue weighted by atomic mass is 10.3. The van der Waals surface area contributed by atoms with Crippen molar-refractivity contribution in [1.82, 2.24) is 14.5 Å². The SMILES string of the molecule is Cn1c(Nc2ccc(Cl)cc2)nc2cc(Oc3ccncc3)ccc21. The Morgan fingerprint density at radius 3 is 2.48 bits per heavy atom. The maximum absolute atomic E-state index is 5.93. The number of hydrogen-bond acceptors (Lipinski definition) is 4. The van der Waals surface area contributed by atoms with Gasteiger partial charge in [-0.1, -0.05) is 11.6 Å². The molecule has 2 aromatic heterocycles. The molecule has 0 saturated heterocycles. The van der Waals surface area contributed by atoms with Crippen molar-refractivity contribution in [2.24, 2.45) is 7.05 Å². The third kappa shape index (κ3) is 3.27. The zero-order valence-electron chi connectivity index (χ0n) is 13.5. The summed E-state index contributed by atoms with van der Waals surface area (Å²) < 4.78 is 7.84. The number of fused-ring (bicyclic) bond motifs is 1. The van der Waals surface area contributed by atoms with E-state index in [2.05, 4.69) is 15.3 Å². The van der Waals surface area contributed by atoms with Gasteiger partial charge in [0, 0.05) is 36.2 Å². The van der Waals surface area contributed by atoms with Crippen LogP contribution in [-0.2, 0) is 7.05 Å². The van der Waals surface area contributed by atoms with Gasteiger partial charge in [-0.05, 0) is 48.5 Å². The van der Waals surface area contributed by atoms with Gasteiger partial charge in [-0.2, -0.15) is 0 Å². The van der Waals surface area contributed by atoms with Crippen LogP contribution in [0.1, 0.15) is 0 Å². The van der Waals surface area contributed by atoms with Gasteiger partial charge in [-0.15, -0.1) is 0 Å². The quantitative estimate of drug-likeness (QED) is 0.552. The van der Waals surface area contributed by atoms with Gasteiger partial charge in [-0.25, -0.2) is 4.98 Å². The summed E-state index contributed by atoms with van der Waals surface area (Å²) in [6.45, 7) is 0. The number of halogens is 1. The van der Waals surface area contributed by atoms with Gasteiger partial charge in [-0.3, -0.25) is 4.98 Å². The Bertz CT molecular complexity index is 1010. The summed E-state index contributed by atoms with van der Waals surface area (Å²) in [7, 11) is 1.97. The number of hydrogen-bond donors (Lipinski definition) is 1. The second kappa shape index (κ2) is 6.45. The summed E-state index contributed by atoms with van der Waals surface area (Å²) in [6, 6.07) is 17.0. The van der Waals surface area contributed by atoms with Crippen molar-refractivity contribution in [3.8, 4) is 11.5 Å². The zero-order chi connectivity index (χ0) is 17.2. The molecule has 124 valence electrons. The number of imidazole rings is 1. The highest BCUT2D eigenvalue weighted by molar-refractivity contribution is 6.30. The normalized spacial score (nSPS) is 10.8. The molecular weight excluding hydrogens is 336 g/mol. The van der Waals surface area contributed by atoms with E-state index < -0.39 is 0 Å². The van der Waals surface area contributed by atoms with Crippen molar-refractivity contribution in [1.29, 1.82) is 0 Å². The van der Waals surface area contributed by atoms with Crippen molar-refractivity contribution in [2.75, 3.05) is 5.32 Å². The second-order valence-electron chi connectivity index (χ2n) is 5.56. The molecule has 0 fully saturated rings. The van der Waals surface area contributed by atoms with Crippen LogP contribution >= 0.6 is 11.6 Å². The minimum atomic E-state index is 0.702. The molecule has 2 heterocycles. The minimum Gasteiger partial charge on any atom is -0.457 e. The van der Waals surface area contributed by atoms with E-state index in [1.807, 2.05) is 66.2 Å². The fraction of sp³-hybridized carbons (Fsp3) is 0.0526. The Hall–Kier alpha value is -3.05. The highest BCUT2D eigenvalue weighted by Crippen LogP contribution is 2.28. The first-order valence-corrected chi connectivity index (χ1v) is 8.14. The minimum absolute atomic E-state index is 0.702. The molecule has 1 N–H and O–H groups in total. The molecule has 0 amide bonds. The first kappa shape index (κ1) is 15.5. The fourth-order valence-corrected chi connectivity index (χ4v) is 2.69. The summed E-state index contributed by atoms with van der Waals surface area (Å²) in [5.74, 6) is 2.22.